The largest absolute Gasteiger partial charge is 0.483 e. The van der Waals surface area contributed by atoms with E-state index in [0.717, 1.165) is 16.0 Å². The third kappa shape index (κ3) is 5.91. The molecule has 0 saturated carbocycles. The molecule has 3 aromatic carbocycles. The van der Waals surface area contributed by atoms with E-state index in [0.29, 0.717) is 21.5 Å². The van der Waals surface area contributed by atoms with E-state index in [9.17, 15) is 19.2 Å². The Balaban J connectivity index is 1.49. The van der Waals surface area contributed by atoms with Crippen molar-refractivity contribution in [3.05, 3.63) is 91.4 Å². The number of aryl methyl sites for hydroxylation is 1. The van der Waals surface area contributed by atoms with Crippen LogP contribution in [0, 0.1) is 13.8 Å². The number of ether oxygens (including phenoxy) is 1. The number of carbonyl (C=O) groups is 4. The Morgan fingerprint density at radius 3 is 2.53 bits per heavy atom. The lowest BCUT2D eigenvalue weighted by molar-refractivity contribution is -0.122. The molecule has 0 spiro atoms. The fourth-order valence-corrected chi connectivity index (χ4v) is 4.43. The Morgan fingerprint density at radius 1 is 1.05 bits per heavy atom. The molecule has 5 amide bonds. The number of hydrogen-bond acceptors (Lipinski definition) is 5. The minimum absolute atomic E-state index is 0.148. The Morgan fingerprint density at radius 2 is 1.82 bits per heavy atom. The molecule has 4 rings (SSSR count). The van der Waals surface area contributed by atoms with Crippen LogP contribution < -0.4 is 20.3 Å². The van der Waals surface area contributed by atoms with Crippen LogP contribution in [0.3, 0.4) is 0 Å². The number of benzene rings is 3. The van der Waals surface area contributed by atoms with Crippen molar-refractivity contribution < 1.29 is 23.9 Å². The first-order chi connectivity index (χ1) is 18.0. The van der Waals surface area contributed by atoms with E-state index in [-0.39, 0.29) is 33.8 Å². The fraction of sp³-hybridized carbons (Fsp3) is 0.111. The van der Waals surface area contributed by atoms with Crippen LogP contribution in [0.25, 0.3) is 6.08 Å². The molecule has 0 atom stereocenters. The van der Waals surface area contributed by atoms with Crippen molar-refractivity contribution >= 4 is 80.3 Å². The van der Waals surface area contributed by atoms with Crippen LogP contribution in [0.15, 0.2) is 64.6 Å². The van der Waals surface area contributed by atoms with Crippen molar-refractivity contribution in [2.45, 2.75) is 13.8 Å². The highest BCUT2D eigenvalue weighted by Crippen LogP contribution is 2.31. The molecule has 0 bridgehead atoms. The summed E-state index contributed by atoms with van der Waals surface area (Å²) in [5, 5.41) is 5.38. The Hall–Kier alpha value is -3.66. The first kappa shape index (κ1) is 27.4. The average molecular weight is 617 g/mol. The first-order valence-electron chi connectivity index (χ1n) is 11.2. The summed E-state index contributed by atoms with van der Waals surface area (Å²) in [6.45, 7) is 3.66. The predicted octanol–water partition coefficient (Wildman–Crippen LogP) is 6.06. The average Bonchev–Trinajstić information content (AvgIpc) is 2.86. The van der Waals surface area contributed by atoms with Crippen LogP contribution in [0.4, 0.5) is 16.2 Å². The van der Waals surface area contributed by atoms with Crippen LogP contribution in [-0.4, -0.2) is 30.4 Å². The van der Waals surface area contributed by atoms with Gasteiger partial charge < -0.3 is 10.1 Å². The standard InChI is InChI=1S/C27H20BrCl2N3O5/c1-14-4-3-5-22(15(14)2)31-24(34)13-38-23-9-6-16(11-19(23)28)10-18-25(35)32-27(37)33(26(18)36)17-7-8-20(29)21(30)12-17/h3-12H,13H2,1-2H3,(H,31,34)(H,32,35,37)/b18-10-. The summed E-state index contributed by atoms with van der Waals surface area (Å²) >= 11 is 15.3. The molecule has 1 saturated heterocycles. The van der Waals surface area contributed by atoms with Gasteiger partial charge in [-0.15, -0.1) is 0 Å². The number of halogens is 3. The second-order valence-electron chi connectivity index (χ2n) is 8.33. The van der Waals surface area contributed by atoms with Gasteiger partial charge in [-0.1, -0.05) is 41.4 Å². The molecular formula is C27H20BrCl2N3O5. The number of hydrogen-bond donors (Lipinski definition) is 2. The van der Waals surface area contributed by atoms with E-state index in [4.69, 9.17) is 27.9 Å². The number of anilines is 2. The number of rotatable bonds is 6. The molecule has 1 aliphatic rings. The van der Waals surface area contributed by atoms with Crippen molar-refractivity contribution in [3.63, 3.8) is 0 Å². The second-order valence-corrected chi connectivity index (χ2v) is 10.00. The molecule has 0 unspecified atom stereocenters. The lowest BCUT2D eigenvalue weighted by Gasteiger charge is -2.26. The van der Waals surface area contributed by atoms with Gasteiger partial charge in [0, 0.05) is 5.69 Å². The highest BCUT2D eigenvalue weighted by atomic mass is 79.9. The smallest absolute Gasteiger partial charge is 0.335 e. The molecule has 0 radical (unpaired) electrons. The third-order valence-corrected chi connectivity index (χ3v) is 7.13. The molecule has 3 aromatic rings. The molecule has 0 aromatic heterocycles. The zero-order valence-corrected chi connectivity index (χ0v) is 23.2. The zero-order chi connectivity index (χ0) is 27.6. The fourth-order valence-electron chi connectivity index (χ4n) is 3.62. The van der Waals surface area contributed by atoms with Crippen molar-refractivity contribution in [3.8, 4) is 5.75 Å². The maximum atomic E-state index is 13.1. The van der Waals surface area contributed by atoms with Crippen LogP contribution in [0.2, 0.25) is 10.0 Å². The summed E-state index contributed by atoms with van der Waals surface area (Å²) in [6, 6.07) is 13.8. The van der Waals surface area contributed by atoms with Gasteiger partial charge >= 0.3 is 6.03 Å². The van der Waals surface area contributed by atoms with Gasteiger partial charge in [-0.25, -0.2) is 9.69 Å². The van der Waals surface area contributed by atoms with Crippen LogP contribution in [0.5, 0.6) is 5.75 Å². The minimum Gasteiger partial charge on any atom is -0.483 e. The van der Waals surface area contributed by atoms with Gasteiger partial charge in [0.1, 0.15) is 11.3 Å². The zero-order valence-electron chi connectivity index (χ0n) is 20.1. The minimum atomic E-state index is -0.903. The van der Waals surface area contributed by atoms with Gasteiger partial charge in [-0.2, -0.15) is 0 Å². The summed E-state index contributed by atoms with van der Waals surface area (Å²) in [5.41, 5.74) is 3.12. The van der Waals surface area contributed by atoms with Gasteiger partial charge in [0.2, 0.25) is 0 Å². The van der Waals surface area contributed by atoms with Crippen LogP contribution >= 0.6 is 39.1 Å². The summed E-state index contributed by atoms with van der Waals surface area (Å²) in [7, 11) is 0. The van der Waals surface area contributed by atoms with Crippen molar-refractivity contribution in [1.29, 1.82) is 0 Å². The maximum Gasteiger partial charge on any atom is 0.335 e. The van der Waals surface area contributed by atoms with Crippen molar-refractivity contribution in [1.82, 2.24) is 5.32 Å². The van der Waals surface area contributed by atoms with E-state index >= 15 is 0 Å². The topological polar surface area (TPSA) is 105 Å². The molecule has 8 nitrogen and oxygen atoms in total. The monoisotopic (exact) mass is 615 g/mol. The maximum absolute atomic E-state index is 13.1. The molecular weight excluding hydrogens is 597 g/mol. The number of nitrogens with zero attached hydrogens (tertiary/aromatic N) is 1. The number of amides is 5. The predicted molar refractivity (Wildman–Crippen MR) is 150 cm³/mol. The van der Waals surface area contributed by atoms with E-state index in [1.165, 1.54) is 24.3 Å². The molecule has 38 heavy (non-hydrogen) atoms. The molecule has 11 heteroatoms. The van der Waals surface area contributed by atoms with E-state index in [1.54, 1.807) is 18.2 Å². The number of nitrogens with one attached hydrogen (secondary N) is 2. The van der Waals surface area contributed by atoms with E-state index in [1.807, 2.05) is 32.0 Å². The Bertz CT molecular complexity index is 1520. The molecule has 1 heterocycles. The molecule has 1 aliphatic heterocycles. The van der Waals surface area contributed by atoms with E-state index in [2.05, 4.69) is 26.6 Å². The summed E-state index contributed by atoms with van der Waals surface area (Å²) in [5.74, 6) is -1.60. The highest BCUT2D eigenvalue weighted by molar-refractivity contribution is 9.10. The van der Waals surface area contributed by atoms with E-state index < -0.39 is 17.8 Å². The lowest BCUT2D eigenvalue weighted by Crippen LogP contribution is -2.54. The molecule has 2 N–H and O–H groups in total. The number of imide groups is 2. The summed E-state index contributed by atoms with van der Waals surface area (Å²) < 4.78 is 6.13. The summed E-state index contributed by atoms with van der Waals surface area (Å²) in [4.78, 5) is 51.1. The van der Waals surface area contributed by atoms with Crippen LogP contribution in [0.1, 0.15) is 16.7 Å². The Kier molecular flexibility index (Phi) is 8.20. The lowest BCUT2D eigenvalue weighted by atomic mass is 10.1. The summed E-state index contributed by atoms with van der Waals surface area (Å²) in [6.07, 6.45) is 1.34. The number of urea groups is 1. The third-order valence-electron chi connectivity index (χ3n) is 5.77. The highest BCUT2D eigenvalue weighted by Gasteiger charge is 2.37. The van der Waals surface area contributed by atoms with Gasteiger partial charge in [0.25, 0.3) is 17.7 Å². The molecule has 1 fully saturated rings. The van der Waals surface area contributed by atoms with Gasteiger partial charge in [0.15, 0.2) is 6.61 Å². The van der Waals surface area contributed by atoms with Crippen LogP contribution in [-0.2, 0) is 14.4 Å². The first-order valence-corrected chi connectivity index (χ1v) is 12.7. The van der Waals surface area contributed by atoms with Gasteiger partial charge in [-0.3, -0.25) is 19.7 Å². The molecule has 194 valence electrons. The second kappa shape index (κ2) is 11.4. The quantitative estimate of drug-likeness (QED) is 0.259. The van der Waals surface area contributed by atoms with Crippen molar-refractivity contribution in [2.75, 3.05) is 16.8 Å². The van der Waals surface area contributed by atoms with Gasteiger partial charge in [0.05, 0.1) is 20.2 Å². The normalized spacial score (nSPS) is 14.5. The number of barbiturate groups is 1. The molecule has 0 aliphatic carbocycles. The number of carbonyl (C=O) groups excluding carboxylic acids is 4. The SMILES string of the molecule is Cc1cccc(NC(=O)COc2ccc(/C=C3/C(=O)NC(=O)N(c4ccc(Cl)c(Cl)c4)C3=O)cc2Br)c1C. The Labute approximate surface area is 236 Å². The van der Waals surface area contributed by atoms with Gasteiger partial charge in [-0.05, 0) is 88.9 Å². The van der Waals surface area contributed by atoms with Crippen molar-refractivity contribution in [2.24, 2.45) is 0 Å².